The van der Waals surface area contributed by atoms with E-state index >= 15 is 0 Å². The lowest BCUT2D eigenvalue weighted by molar-refractivity contribution is 0.700. The van der Waals surface area contributed by atoms with Crippen LogP contribution in [0.5, 0.6) is 0 Å². The van der Waals surface area contributed by atoms with Crippen molar-refractivity contribution in [2.45, 2.75) is 32.7 Å². The van der Waals surface area contributed by atoms with Crippen LogP contribution >= 0.6 is 46.7 Å². The topological polar surface area (TPSA) is 49.3 Å². The predicted molar refractivity (Wildman–Crippen MR) is 108 cm³/mol. The lowest BCUT2D eigenvalue weighted by atomic mass is 10.1. The van der Waals surface area contributed by atoms with Crippen LogP contribution in [0, 0.1) is 0 Å². The summed E-state index contributed by atoms with van der Waals surface area (Å²) in [5.41, 5.74) is 1.37. The Labute approximate surface area is 157 Å². The third kappa shape index (κ3) is 5.85. The van der Waals surface area contributed by atoms with Gasteiger partial charge in [-0.2, -0.15) is 11.3 Å². The number of guanidine groups is 1. The van der Waals surface area contributed by atoms with Crippen molar-refractivity contribution in [3.8, 4) is 0 Å². The van der Waals surface area contributed by atoms with Crippen molar-refractivity contribution in [2.75, 3.05) is 13.6 Å². The number of thiazole rings is 1. The van der Waals surface area contributed by atoms with E-state index in [1.807, 2.05) is 6.20 Å². The van der Waals surface area contributed by atoms with Gasteiger partial charge < -0.3 is 10.6 Å². The first kappa shape index (κ1) is 19.4. The molecule has 0 aliphatic rings. The summed E-state index contributed by atoms with van der Waals surface area (Å²) in [6, 6.07) is 2.18. The standard InChI is InChI=1S/C15H22N4S2.HI/c1-4-13-8-17-14(21-13)9-19-15(16-3)18-7-11(2)12-5-6-20-10-12;/h5-6,8,10-11H,4,7,9H2,1-3H3,(H2,16,18,19);1H. The molecule has 0 saturated heterocycles. The average molecular weight is 450 g/mol. The molecular formula is C15H23IN4S2. The molecule has 0 bridgehead atoms. The maximum atomic E-state index is 4.40. The fourth-order valence-corrected chi connectivity index (χ4v) is 3.48. The Hall–Kier alpha value is -0.670. The molecule has 2 N–H and O–H groups in total. The number of nitrogens with zero attached hydrogens (tertiary/aromatic N) is 2. The summed E-state index contributed by atoms with van der Waals surface area (Å²) in [4.78, 5) is 9.98. The molecule has 1 unspecified atom stereocenters. The van der Waals surface area contributed by atoms with Gasteiger partial charge in [-0.3, -0.25) is 4.99 Å². The van der Waals surface area contributed by atoms with Gasteiger partial charge in [0.2, 0.25) is 0 Å². The van der Waals surface area contributed by atoms with E-state index in [1.165, 1.54) is 10.4 Å². The highest BCUT2D eigenvalue weighted by molar-refractivity contribution is 14.0. The highest BCUT2D eigenvalue weighted by Gasteiger charge is 2.07. The third-order valence-electron chi connectivity index (χ3n) is 3.27. The molecule has 2 aromatic rings. The van der Waals surface area contributed by atoms with Crippen LogP contribution in [0.25, 0.3) is 0 Å². The van der Waals surface area contributed by atoms with E-state index in [1.54, 1.807) is 29.7 Å². The van der Waals surface area contributed by atoms with Gasteiger partial charge in [0.05, 0.1) is 6.54 Å². The smallest absolute Gasteiger partial charge is 0.191 e. The zero-order chi connectivity index (χ0) is 15.1. The van der Waals surface area contributed by atoms with Crippen LogP contribution in [0.4, 0.5) is 0 Å². The highest BCUT2D eigenvalue weighted by atomic mass is 127. The Morgan fingerprint density at radius 1 is 1.41 bits per heavy atom. The first-order chi connectivity index (χ1) is 10.2. The second-order valence-electron chi connectivity index (χ2n) is 4.84. The Morgan fingerprint density at radius 2 is 2.23 bits per heavy atom. The number of rotatable bonds is 6. The third-order valence-corrected chi connectivity index (χ3v) is 5.11. The number of halogens is 1. The molecule has 0 amide bonds. The zero-order valence-electron chi connectivity index (χ0n) is 13.1. The molecule has 122 valence electrons. The monoisotopic (exact) mass is 450 g/mol. The minimum Gasteiger partial charge on any atom is -0.356 e. The summed E-state index contributed by atoms with van der Waals surface area (Å²) >= 11 is 3.49. The van der Waals surface area contributed by atoms with Crippen molar-refractivity contribution in [3.05, 3.63) is 38.5 Å². The van der Waals surface area contributed by atoms with E-state index in [4.69, 9.17) is 0 Å². The number of hydrogen-bond donors (Lipinski definition) is 2. The van der Waals surface area contributed by atoms with E-state index in [0.29, 0.717) is 5.92 Å². The van der Waals surface area contributed by atoms with Gasteiger partial charge in [-0.15, -0.1) is 35.3 Å². The molecule has 2 aromatic heterocycles. The molecule has 0 aliphatic carbocycles. The van der Waals surface area contributed by atoms with Crippen LogP contribution in [0.3, 0.4) is 0 Å². The fourth-order valence-electron chi connectivity index (χ4n) is 1.90. The predicted octanol–water partition coefficient (Wildman–Crippen LogP) is 3.85. The maximum absolute atomic E-state index is 4.40. The van der Waals surface area contributed by atoms with Crippen LogP contribution in [0.1, 0.15) is 35.2 Å². The normalized spacial score (nSPS) is 12.6. The number of thiophene rings is 1. The largest absolute Gasteiger partial charge is 0.356 e. The quantitative estimate of drug-likeness (QED) is 0.399. The lowest BCUT2D eigenvalue weighted by Crippen LogP contribution is -2.38. The molecule has 1 atom stereocenters. The molecule has 22 heavy (non-hydrogen) atoms. The molecule has 2 heterocycles. The fraction of sp³-hybridized carbons (Fsp3) is 0.467. The second-order valence-corrected chi connectivity index (χ2v) is 6.82. The van der Waals surface area contributed by atoms with Gasteiger partial charge in [-0.05, 0) is 34.7 Å². The highest BCUT2D eigenvalue weighted by Crippen LogP contribution is 2.17. The number of nitrogens with one attached hydrogen (secondary N) is 2. The maximum Gasteiger partial charge on any atom is 0.191 e. The van der Waals surface area contributed by atoms with Crippen molar-refractivity contribution in [1.29, 1.82) is 0 Å². The summed E-state index contributed by atoms with van der Waals surface area (Å²) in [7, 11) is 1.80. The molecule has 0 saturated carbocycles. The van der Waals surface area contributed by atoms with Crippen LogP contribution in [-0.4, -0.2) is 24.5 Å². The van der Waals surface area contributed by atoms with Crippen molar-refractivity contribution in [2.24, 2.45) is 4.99 Å². The van der Waals surface area contributed by atoms with Crippen molar-refractivity contribution in [3.63, 3.8) is 0 Å². The minimum atomic E-state index is 0. The van der Waals surface area contributed by atoms with E-state index in [2.05, 4.69) is 51.3 Å². The van der Waals surface area contributed by atoms with Gasteiger partial charge in [-0.25, -0.2) is 4.98 Å². The van der Waals surface area contributed by atoms with E-state index in [-0.39, 0.29) is 24.0 Å². The molecule has 2 rings (SSSR count). The van der Waals surface area contributed by atoms with Gasteiger partial charge in [0, 0.05) is 24.7 Å². The van der Waals surface area contributed by atoms with Crippen LogP contribution in [0.15, 0.2) is 28.0 Å². The second kappa shape index (κ2) is 10.2. The lowest BCUT2D eigenvalue weighted by Gasteiger charge is -2.14. The first-order valence-electron chi connectivity index (χ1n) is 7.13. The first-order valence-corrected chi connectivity index (χ1v) is 8.89. The molecule has 7 heteroatoms. The Morgan fingerprint density at radius 3 is 2.82 bits per heavy atom. The summed E-state index contributed by atoms with van der Waals surface area (Å²) in [6.07, 6.45) is 3.00. The van der Waals surface area contributed by atoms with Crippen molar-refractivity contribution < 1.29 is 0 Å². The molecule has 0 spiro atoms. The number of aliphatic imine (C=N–C) groups is 1. The number of aromatic nitrogens is 1. The summed E-state index contributed by atoms with van der Waals surface area (Å²) < 4.78 is 0. The number of hydrogen-bond acceptors (Lipinski definition) is 4. The van der Waals surface area contributed by atoms with E-state index in [9.17, 15) is 0 Å². The van der Waals surface area contributed by atoms with Crippen molar-refractivity contribution >= 4 is 52.6 Å². The Kier molecular flexibility index (Phi) is 8.96. The molecular weight excluding hydrogens is 427 g/mol. The molecule has 4 nitrogen and oxygen atoms in total. The van der Waals surface area contributed by atoms with Gasteiger partial charge in [0.25, 0.3) is 0 Å². The molecule has 0 fully saturated rings. The van der Waals surface area contributed by atoms with Crippen LogP contribution in [0.2, 0.25) is 0 Å². The Balaban J connectivity index is 0.00000242. The number of aryl methyl sites for hydroxylation is 1. The molecule has 0 radical (unpaired) electrons. The van der Waals surface area contributed by atoms with Gasteiger partial charge in [0.1, 0.15) is 5.01 Å². The molecule has 0 aromatic carbocycles. The van der Waals surface area contributed by atoms with Gasteiger partial charge in [0.15, 0.2) is 5.96 Å². The SMILES string of the molecule is CCc1cnc(CNC(=NC)NCC(C)c2ccsc2)s1.I. The van der Waals surface area contributed by atoms with Crippen LogP contribution in [-0.2, 0) is 13.0 Å². The van der Waals surface area contributed by atoms with Crippen LogP contribution < -0.4 is 10.6 Å². The Bertz CT molecular complexity index is 566. The van der Waals surface area contributed by atoms with Gasteiger partial charge >= 0.3 is 0 Å². The molecule has 0 aliphatic heterocycles. The van der Waals surface area contributed by atoms with E-state index in [0.717, 1.165) is 30.5 Å². The van der Waals surface area contributed by atoms with Gasteiger partial charge in [-0.1, -0.05) is 13.8 Å². The van der Waals surface area contributed by atoms with E-state index < -0.39 is 0 Å². The van der Waals surface area contributed by atoms with Crippen molar-refractivity contribution in [1.82, 2.24) is 15.6 Å². The summed E-state index contributed by atoms with van der Waals surface area (Å²) in [6.45, 7) is 5.96. The average Bonchev–Trinajstić information content (AvgIpc) is 3.18. The summed E-state index contributed by atoms with van der Waals surface area (Å²) in [5, 5.41) is 12.1. The minimum absolute atomic E-state index is 0. The zero-order valence-corrected chi connectivity index (χ0v) is 17.1. The summed E-state index contributed by atoms with van der Waals surface area (Å²) in [5.74, 6) is 1.30.